The van der Waals surface area contributed by atoms with Crippen LogP contribution >= 0.6 is 15.9 Å². The highest BCUT2D eigenvalue weighted by Gasteiger charge is 2.10. The minimum Gasteiger partial charge on any atom is -0.385 e. The number of rotatable bonds is 3. The summed E-state index contributed by atoms with van der Waals surface area (Å²) in [5.41, 5.74) is 1.09. The fourth-order valence-electron chi connectivity index (χ4n) is 1.29. The fraction of sp³-hybridized carbons (Fsp3) is 0.273. The van der Waals surface area contributed by atoms with Gasteiger partial charge in [-0.15, -0.1) is 0 Å². The second-order valence-electron chi connectivity index (χ2n) is 3.53. The van der Waals surface area contributed by atoms with E-state index in [2.05, 4.69) is 26.1 Å². The summed E-state index contributed by atoms with van der Waals surface area (Å²) in [7, 11) is 0. The third-order valence-corrected chi connectivity index (χ3v) is 2.65. The molecule has 84 valence electrons. The summed E-state index contributed by atoms with van der Waals surface area (Å²) in [5.74, 6) is 0.838. The van der Waals surface area contributed by atoms with E-state index in [1.165, 1.54) is 0 Å². The van der Waals surface area contributed by atoms with E-state index in [-0.39, 0.29) is 0 Å². The lowest BCUT2D eigenvalue weighted by atomic mass is 10.1. The van der Waals surface area contributed by atoms with E-state index < -0.39 is 6.10 Å². The summed E-state index contributed by atoms with van der Waals surface area (Å²) < 4.78 is 6.06. The molecule has 0 aliphatic rings. The second-order valence-corrected chi connectivity index (χ2v) is 4.44. The summed E-state index contributed by atoms with van der Waals surface area (Å²) in [5, 5.41) is 12.9. The number of hydrogen-bond acceptors (Lipinski definition) is 4. The minimum absolute atomic E-state index is 0.326. The Balaban J connectivity index is 2.11. The summed E-state index contributed by atoms with van der Waals surface area (Å²) in [6, 6.07) is 7.88. The van der Waals surface area contributed by atoms with Gasteiger partial charge in [-0.3, -0.25) is 0 Å². The predicted octanol–water partition coefficient (Wildman–Crippen LogP) is 2.48. The van der Waals surface area contributed by atoms with Gasteiger partial charge in [0, 0.05) is 4.47 Å². The lowest BCUT2D eigenvalue weighted by Gasteiger charge is -1.96. The van der Waals surface area contributed by atoms with Crippen molar-refractivity contribution < 1.29 is 9.63 Å². The molecule has 5 heteroatoms. The van der Waals surface area contributed by atoms with E-state index in [1.807, 2.05) is 24.3 Å². The maximum Gasteiger partial charge on any atom is 0.231 e. The van der Waals surface area contributed by atoms with Gasteiger partial charge >= 0.3 is 0 Å². The van der Waals surface area contributed by atoms with Crippen LogP contribution in [-0.2, 0) is 6.42 Å². The third-order valence-electron chi connectivity index (χ3n) is 2.13. The number of hydrogen-bond donors (Lipinski definition) is 1. The minimum atomic E-state index is -0.692. The molecule has 0 saturated carbocycles. The highest BCUT2D eigenvalue weighted by molar-refractivity contribution is 9.10. The van der Waals surface area contributed by atoms with E-state index in [0.717, 1.165) is 10.0 Å². The molecule has 0 spiro atoms. The lowest BCUT2D eigenvalue weighted by molar-refractivity contribution is 0.184. The average Bonchev–Trinajstić information content (AvgIpc) is 2.70. The molecule has 4 nitrogen and oxygen atoms in total. The van der Waals surface area contributed by atoms with Gasteiger partial charge in [-0.05, 0) is 24.6 Å². The van der Waals surface area contributed by atoms with Gasteiger partial charge in [0.25, 0.3) is 0 Å². The van der Waals surface area contributed by atoms with Gasteiger partial charge < -0.3 is 9.63 Å². The van der Waals surface area contributed by atoms with Gasteiger partial charge in [-0.25, -0.2) is 0 Å². The van der Waals surface area contributed by atoms with Crippen LogP contribution in [0.25, 0.3) is 0 Å². The largest absolute Gasteiger partial charge is 0.385 e. The second kappa shape index (κ2) is 4.76. The number of aliphatic hydroxyl groups is 1. The van der Waals surface area contributed by atoms with Crippen molar-refractivity contribution in [2.75, 3.05) is 0 Å². The zero-order chi connectivity index (χ0) is 11.5. The zero-order valence-electron chi connectivity index (χ0n) is 8.72. The molecule has 1 N–H and O–H groups in total. The molecule has 2 rings (SSSR count). The number of benzene rings is 1. The Kier molecular flexibility index (Phi) is 3.36. The summed E-state index contributed by atoms with van der Waals surface area (Å²) >= 11 is 3.37. The molecule has 0 aliphatic heterocycles. The predicted molar refractivity (Wildman–Crippen MR) is 61.9 cm³/mol. The Labute approximate surface area is 101 Å². The SMILES string of the molecule is CC(O)c1noc(Cc2ccc(Br)cc2)n1. The van der Waals surface area contributed by atoms with Gasteiger partial charge in [0.05, 0.1) is 6.42 Å². The smallest absolute Gasteiger partial charge is 0.231 e. The van der Waals surface area contributed by atoms with Crippen molar-refractivity contribution >= 4 is 15.9 Å². The van der Waals surface area contributed by atoms with Crippen molar-refractivity contribution in [2.45, 2.75) is 19.4 Å². The van der Waals surface area contributed by atoms with Crippen LogP contribution in [0.15, 0.2) is 33.3 Å². The summed E-state index contributed by atoms with van der Waals surface area (Å²) in [6.45, 7) is 1.61. The first-order valence-electron chi connectivity index (χ1n) is 4.90. The van der Waals surface area contributed by atoms with Crippen molar-refractivity contribution in [3.63, 3.8) is 0 Å². The third kappa shape index (κ3) is 2.68. The molecule has 1 heterocycles. The first kappa shape index (κ1) is 11.3. The molecule has 1 unspecified atom stereocenters. The molecule has 1 aromatic heterocycles. The van der Waals surface area contributed by atoms with Gasteiger partial charge in [-0.2, -0.15) is 4.98 Å². The molecule has 0 aliphatic carbocycles. The topological polar surface area (TPSA) is 59.2 Å². The van der Waals surface area contributed by atoms with Crippen LogP contribution < -0.4 is 0 Å². The van der Waals surface area contributed by atoms with Crippen molar-refractivity contribution in [1.82, 2.24) is 10.1 Å². The standard InChI is InChI=1S/C11H11BrN2O2/c1-7(15)11-13-10(16-14-11)6-8-2-4-9(12)5-3-8/h2-5,7,15H,6H2,1H3. The van der Waals surface area contributed by atoms with Gasteiger partial charge in [-0.1, -0.05) is 33.2 Å². The van der Waals surface area contributed by atoms with Crippen molar-refractivity contribution in [2.24, 2.45) is 0 Å². The van der Waals surface area contributed by atoms with Gasteiger partial charge in [0.2, 0.25) is 5.89 Å². The lowest BCUT2D eigenvalue weighted by Crippen LogP contribution is -1.94. The molecule has 0 amide bonds. The van der Waals surface area contributed by atoms with Crippen LogP contribution in [0.4, 0.5) is 0 Å². The molecular formula is C11H11BrN2O2. The summed E-state index contributed by atoms with van der Waals surface area (Å²) in [6.07, 6.45) is -0.116. The number of nitrogens with zero attached hydrogens (tertiary/aromatic N) is 2. The molecule has 16 heavy (non-hydrogen) atoms. The Bertz CT molecular complexity index is 465. The van der Waals surface area contributed by atoms with Crippen LogP contribution in [-0.4, -0.2) is 15.2 Å². The highest BCUT2D eigenvalue weighted by Crippen LogP contribution is 2.14. The van der Waals surface area contributed by atoms with E-state index in [9.17, 15) is 5.11 Å². The molecule has 0 fully saturated rings. The summed E-state index contributed by atoms with van der Waals surface area (Å²) in [4.78, 5) is 4.09. The molecule has 1 atom stereocenters. The van der Waals surface area contributed by atoms with E-state index in [1.54, 1.807) is 6.92 Å². The first-order valence-corrected chi connectivity index (χ1v) is 5.69. The molecule has 1 aromatic carbocycles. The number of aliphatic hydroxyl groups excluding tert-OH is 1. The van der Waals surface area contributed by atoms with Crippen LogP contribution in [0.5, 0.6) is 0 Å². The Hall–Kier alpha value is -1.20. The van der Waals surface area contributed by atoms with Crippen molar-refractivity contribution in [3.05, 3.63) is 46.0 Å². The number of aromatic nitrogens is 2. The molecule has 2 aromatic rings. The Morgan fingerprint density at radius 1 is 1.38 bits per heavy atom. The van der Waals surface area contributed by atoms with Crippen LogP contribution in [0.1, 0.15) is 30.3 Å². The zero-order valence-corrected chi connectivity index (χ0v) is 10.3. The van der Waals surface area contributed by atoms with Crippen LogP contribution in [0.3, 0.4) is 0 Å². The maximum absolute atomic E-state index is 9.25. The molecule has 0 saturated heterocycles. The van der Waals surface area contributed by atoms with E-state index in [0.29, 0.717) is 18.1 Å². The fourth-order valence-corrected chi connectivity index (χ4v) is 1.55. The maximum atomic E-state index is 9.25. The van der Waals surface area contributed by atoms with E-state index >= 15 is 0 Å². The van der Waals surface area contributed by atoms with Crippen LogP contribution in [0, 0.1) is 0 Å². The average molecular weight is 283 g/mol. The van der Waals surface area contributed by atoms with Crippen molar-refractivity contribution in [1.29, 1.82) is 0 Å². The van der Waals surface area contributed by atoms with Crippen molar-refractivity contribution in [3.8, 4) is 0 Å². The Morgan fingerprint density at radius 2 is 2.06 bits per heavy atom. The molecule has 0 radical (unpaired) electrons. The normalized spacial score (nSPS) is 12.7. The van der Waals surface area contributed by atoms with Gasteiger partial charge in [0.15, 0.2) is 5.82 Å². The van der Waals surface area contributed by atoms with Gasteiger partial charge in [0.1, 0.15) is 6.10 Å². The Morgan fingerprint density at radius 3 is 2.62 bits per heavy atom. The number of halogens is 1. The molecular weight excluding hydrogens is 272 g/mol. The highest BCUT2D eigenvalue weighted by atomic mass is 79.9. The van der Waals surface area contributed by atoms with E-state index in [4.69, 9.17) is 4.52 Å². The monoisotopic (exact) mass is 282 g/mol. The quantitative estimate of drug-likeness (QED) is 0.940. The molecule has 0 bridgehead atoms. The van der Waals surface area contributed by atoms with Crippen LogP contribution in [0.2, 0.25) is 0 Å². The first-order chi connectivity index (χ1) is 7.65.